The molecule has 0 aliphatic carbocycles. The molecule has 1 N–H and O–H groups in total. The number of benzene rings is 1. The molecule has 3 aromatic heterocycles. The van der Waals surface area contributed by atoms with Gasteiger partial charge in [-0.1, -0.05) is 35.3 Å². The molecule has 27 heavy (non-hydrogen) atoms. The lowest BCUT2D eigenvalue weighted by Crippen LogP contribution is -1.89. The van der Waals surface area contributed by atoms with Gasteiger partial charge in [0.25, 0.3) is 0 Å². The smallest absolute Gasteiger partial charge is 0.130 e. The molecule has 0 fully saturated rings. The van der Waals surface area contributed by atoms with Crippen LogP contribution >= 0.6 is 34.5 Å². The van der Waals surface area contributed by atoms with Crippen LogP contribution in [-0.4, -0.2) is 9.97 Å². The molecule has 0 saturated carbocycles. The summed E-state index contributed by atoms with van der Waals surface area (Å²) in [4.78, 5) is 10.1. The van der Waals surface area contributed by atoms with Gasteiger partial charge in [-0.2, -0.15) is 0 Å². The van der Waals surface area contributed by atoms with Crippen LogP contribution < -0.4 is 5.32 Å². The zero-order chi connectivity index (χ0) is 18.8. The highest BCUT2D eigenvalue weighted by Crippen LogP contribution is 2.35. The molecule has 0 amide bonds. The van der Waals surface area contributed by atoms with Crippen molar-refractivity contribution in [2.45, 2.75) is 6.92 Å². The van der Waals surface area contributed by atoms with Crippen LogP contribution in [0.3, 0.4) is 0 Å². The summed E-state index contributed by atoms with van der Waals surface area (Å²) in [5.41, 5.74) is 3.94. The minimum atomic E-state index is 0.545. The van der Waals surface area contributed by atoms with E-state index in [4.69, 9.17) is 28.2 Å². The maximum Gasteiger partial charge on any atom is 0.130 e. The third-order valence-corrected chi connectivity index (χ3v) is 5.74. The zero-order valence-electron chi connectivity index (χ0n) is 14.4. The number of thiophene rings is 1. The van der Waals surface area contributed by atoms with Crippen molar-refractivity contribution >= 4 is 45.4 Å². The van der Waals surface area contributed by atoms with Crippen LogP contribution in [0.1, 0.15) is 5.69 Å². The minimum Gasteiger partial charge on any atom is -0.332 e. The predicted molar refractivity (Wildman–Crippen MR) is 115 cm³/mol. The number of nitrogens with zero attached hydrogens (tertiary/aromatic N) is 2. The molecule has 0 aliphatic rings. The van der Waals surface area contributed by atoms with Crippen molar-refractivity contribution < 1.29 is 0 Å². The quantitative estimate of drug-likeness (QED) is 0.384. The van der Waals surface area contributed by atoms with E-state index in [0.29, 0.717) is 10.0 Å². The van der Waals surface area contributed by atoms with E-state index in [9.17, 15) is 0 Å². The van der Waals surface area contributed by atoms with Gasteiger partial charge in [0.2, 0.25) is 0 Å². The van der Waals surface area contributed by atoms with Crippen LogP contribution in [-0.2, 0) is 0 Å². The Balaban J connectivity index is 1.66. The fraction of sp³-hybridized carbons (Fsp3) is 0.0476. The van der Waals surface area contributed by atoms with E-state index >= 15 is 0 Å². The highest BCUT2D eigenvalue weighted by atomic mass is 35.5. The highest BCUT2D eigenvalue weighted by Gasteiger charge is 2.09. The first-order chi connectivity index (χ1) is 13.1. The van der Waals surface area contributed by atoms with Gasteiger partial charge in [0.15, 0.2) is 0 Å². The fourth-order valence-corrected chi connectivity index (χ4v) is 3.91. The third-order valence-electron chi connectivity index (χ3n) is 3.98. The molecule has 0 radical (unpaired) electrons. The minimum absolute atomic E-state index is 0.545. The maximum absolute atomic E-state index is 6.18. The Morgan fingerprint density at radius 2 is 1.78 bits per heavy atom. The molecule has 3 nitrogen and oxygen atoms in total. The first-order valence-corrected chi connectivity index (χ1v) is 9.88. The van der Waals surface area contributed by atoms with E-state index < -0.39 is 0 Å². The fourth-order valence-electron chi connectivity index (χ4n) is 2.74. The van der Waals surface area contributed by atoms with Crippen LogP contribution in [0.4, 0.5) is 10.8 Å². The largest absolute Gasteiger partial charge is 0.332 e. The van der Waals surface area contributed by atoms with Crippen LogP contribution in [0.5, 0.6) is 0 Å². The molecule has 6 heteroatoms. The lowest BCUT2D eigenvalue weighted by atomic mass is 10.0. The van der Waals surface area contributed by atoms with Crippen molar-refractivity contribution in [2.24, 2.45) is 0 Å². The van der Waals surface area contributed by atoms with E-state index in [-0.39, 0.29) is 0 Å². The molecule has 4 aromatic rings. The third kappa shape index (κ3) is 4.14. The monoisotopic (exact) mass is 411 g/mol. The number of nitrogens with one attached hydrogen (secondary N) is 1. The van der Waals surface area contributed by atoms with Gasteiger partial charge in [-0.05, 0) is 66.6 Å². The number of pyridine rings is 2. The molecule has 0 spiro atoms. The average molecular weight is 412 g/mol. The highest BCUT2D eigenvalue weighted by molar-refractivity contribution is 7.19. The molecular formula is C21H15Cl2N3S. The molecule has 0 atom stereocenters. The second-order valence-electron chi connectivity index (χ2n) is 6.02. The average Bonchev–Trinajstić information content (AvgIpc) is 3.13. The number of rotatable bonds is 4. The SMILES string of the molecule is Cc1cc(-c2ccc(Cl)c(Cl)c2)cc(-c2ccc(Nc3ccccn3)s2)n1. The van der Waals surface area contributed by atoms with Gasteiger partial charge >= 0.3 is 0 Å². The maximum atomic E-state index is 6.18. The Morgan fingerprint density at radius 1 is 0.889 bits per heavy atom. The Hall–Kier alpha value is -2.40. The van der Waals surface area contributed by atoms with E-state index in [1.54, 1.807) is 17.5 Å². The number of aryl methyl sites for hydroxylation is 1. The number of aromatic nitrogens is 2. The summed E-state index contributed by atoms with van der Waals surface area (Å²) < 4.78 is 0. The molecule has 1 aromatic carbocycles. The van der Waals surface area contributed by atoms with Gasteiger partial charge in [-0.3, -0.25) is 4.98 Å². The molecular weight excluding hydrogens is 397 g/mol. The molecule has 0 bridgehead atoms. The summed E-state index contributed by atoms with van der Waals surface area (Å²) >= 11 is 13.9. The first kappa shape index (κ1) is 18.0. The van der Waals surface area contributed by atoms with Crippen molar-refractivity contribution in [3.63, 3.8) is 0 Å². The lowest BCUT2D eigenvalue weighted by Gasteiger charge is -2.07. The summed E-state index contributed by atoms with van der Waals surface area (Å²) in [5.74, 6) is 0.819. The molecule has 4 rings (SSSR count). The van der Waals surface area contributed by atoms with Gasteiger partial charge < -0.3 is 5.32 Å². The zero-order valence-corrected chi connectivity index (χ0v) is 16.7. The standard InChI is InChI=1S/C21H15Cl2N3S/c1-13-10-15(14-5-6-16(22)17(23)11-14)12-18(25-13)19-7-8-21(27-19)26-20-4-2-3-9-24-20/h2-12H,1H3,(H,24,26). The van der Waals surface area contributed by atoms with Gasteiger partial charge in [-0.15, -0.1) is 11.3 Å². The second-order valence-corrected chi connectivity index (χ2v) is 7.91. The van der Waals surface area contributed by atoms with E-state index in [0.717, 1.165) is 38.2 Å². The van der Waals surface area contributed by atoms with Crippen molar-refractivity contribution in [2.75, 3.05) is 5.32 Å². The molecule has 134 valence electrons. The summed E-state index contributed by atoms with van der Waals surface area (Å²) in [6, 6.07) is 19.7. The predicted octanol–water partition coefficient (Wildman–Crippen LogP) is 7.23. The van der Waals surface area contributed by atoms with Crippen LogP contribution in [0.25, 0.3) is 21.7 Å². The van der Waals surface area contributed by atoms with E-state index in [2.05, 4.69) is 22.4 Å². The molecule has 3 heterocycles. The normalized spacial score (nSPS) is 10.8. The van der Waals surface area contributed by atoms with E-state index in [1.807, 2.05) is 55.5 Å². The van der Waals surface area contributed by atoms with Crippen LogP contribution in [0, 0.1) is 6.92 Å². The van der Waals surface area contributed by atoms with Gasteiger partial charge in [0, 0.05) is 11.9 Å². The first-order valence-electron chi connectivity index (χ1n) is 8.31. The second kappa shape index (κ2) is 7.69. The van der Waals surface area contributed by atoms with Crippen molar-refractivity contribution in [1.82, 2.24) is 9.97 Å². The lowest BCUT2D eigenvalue weighted by molar-refractivity contribution is 1.21. The summed E-state index contributed by atoms with van der Waals surface area (Å²) in [5, 5.41) is 5.43. The van der Waals surface area contributed by atoms with E-state index in [1.165, 1.54) is 0 Å². The molecule has 0 unspecified atom stereocenters. The number of halogens is 2. The summed E-state index contributed by atoms with van der Waals surface area (Å²) in [6.07, 6.45) is 1.77. The van der Waals surface area contributed by atoms with Crippen LogP contribution in [0.2, 0.25) is 10.0 Å². The van der Waals surface area contributed by atoms with Gasteiger partial charge in [0.05, 0.1) is 25.6 Å². The Morgan fingerprint density at radius 3 is 2.56 bits per heavy atom. The van der Waals surface area contributed by atoms with Crippen molar-refractivity contribution in [1.29, 1.82) is 0 Å². The van der Waals surface area contributed by atoms with Gasteiger partial charge in [-0.25, -0.2) is 4.98 Å². The Labute approximate surface area is 171 Å². The number of anilines is 2. The summed E-state index contributed by atoms with van der Waals surface area (Å²) in [7, 11) is 0. The summed E-state index contributed by atoms with van der Waals surface area (Å²) in [6.45, 7) is 1.99. The van der Waals surface area contributed by atoms with Gasteiger partial charge in [0.1, 0.15) is 5.82 Å². The molecule has 0 aliphatic heterocycles. The Bertz CT molecular complexity index is 1090. The molecule has 0 saturated heterocycles. The van der Waals surface area contributed by atoms with Crippen molar-refractivity contribution in [3.8, 4) is 21.7 Å². The van der Waals surface area contributed by atoms with Crippen LogP contribution in [0.15, 0.2) is 66.9 Å². The Kier molecular flexibility index (Phi) is 5.12. The topological polar surface area (TPSA) is 37.8 Å². The number of hydrogen-bond donors (Lipinski definition) is 1. The van der Waals surface area contributed by atoms with Crippen molar-refractivity contribution in [3.05, 3.63) is 82.6 Å². The number of hydrogen-bond acceptors (Lipinski definition) is 4.